The third-order valence-corrected chi connectivity index (χ3v) is 12.9. The number of ether oxygens (including phenoxy) is 1. The van der Waals surface area contributed by atoms with Crippen molar-refractivity contribution in [2.45, 2.75) is 96.7 Å². The van der Waals surface area contributed by atoms with Gasteiger partial charge < -0.3 is 19.8 Å². The second-order valence-electron chi connectivity index (χ2n) is 13.5. The van der Waals surface area contributed by atoms with Crippen molar-refractivity contribution in [1.29, 1.82) is 0 Å². The van der Waals surface area contributed by atoms with Crippen molar-refractivity contribution in [2.24, 2.45) is 5.92 Å². The van der Waals surface area contributed by atoms with Gasteiger partial charge in [-0.25, -0.2) is 5.43 Å². The third kappa shape index (κ3) is 9.98. The van der Waals surface area contributed by atoms with Crippen molar-refractivity contribution in [1.82, 2.24) is 26.1 Å². The lowest BCUT2D eigenvalue weighted by molar-refractivity contribution is -0.154. The number of carbonyl (C=O) groups excluding carboxylic acids is 4. The molecule has 0 spiro atoms. The number of nitrogens with one attached hydrogen (secondary N) is 3. The van der Waals surface area contributed by atoms with E-state index in [4.69, 9.17) is 9.16 Å². The zero-order valence-corrected chi connectivity index (χ0v) is 29.1. The van der Waals surface area contributed by atoms with Gasteiger partial charge in [-0.2, -0.15) is 0 Å². The molecule has 0 bridgehead atoms. The summed E-state index contributed by atoms with van der Waals surface area (Å²) in [5.74, 6) is -0.895. The van der Waals surface area contributed by atoms with Crippen molar-refractivity contribution in [3.63, 3.8) is 0 Å². The molecule has 1 fully saturated rings. The van der Waals surface area contributed by atoms with Crippen molar-refractivity contribution in [3.8, 4) is 5.75 Å². The topological polar surface area (TPSA) is 139 Å². The molecule has 1 aliphatic rings. The van der Waals surface area contributed by atoms with Gasteiger partial charge >= 0.3 is 5.97 Å². The van der Waals surface area contributed by atoms with Crippen LogP contribution in [0.3, 0.4) is 0 Å². The minimum absolute atomic E-state index is 0.00329. The Balaban J connectivity index is 1.79. The van der Waals surface area contributed by atoms with E-state index in [2.05, 4.69) is 61.5 Å². The largest absolute Gasteiger partial charge is 0.543 e. The molecular formula is C34H49N5O6Si. The van der Waals surface area contributed by atoms with Crippen molar-refractivity contribution >= 4 is 38.6 Å². The third-order valence-electron chi connectivity index (χ3n) is 8.50. The summed E-state index contributed by atoms with van der Waals surface area (Å²) in [6, 6.07) is 8.57. The molecule has 1 aliphatic heterocycles. The van der Waals surface area contributed by atoms with Gasteiger partial charge in [-0.1, -0.05) is 59.4 Å². The highest BCUT2D eigenvalue weighted by molar-refractivity contribution is 6.74. The highest BCUT2D eigenvalue weighted by atomic mass is 28.4. The minimum atomic E-state index is -2.12. The van der Waals surface area contributed by atoms with E-state index in [9.17, 15) is 19.2 Å². The second-order valence-corrected chi connectivity index (χ2v) is 18.2. The maximum absolute atomic E-state index is 14.0. The fourth-order valence-electron chi connectivity index (χ4n) is 4.78. The summed E-state index contributed by atoms with van der Waals surface area (Å²) in [5, 5.41) is 6.80. The van der Waals surface area contributed by atoms with E-state index in [-0.39, 0.29) is 24.0 Å². The highest BCUT2D eigenvalue weighted by Gasteiger charge is 2.39. The predicted molar refractivity (Wildman–Crippen MR) is 180 cm³/mol. The first kappa shape index (κ1) is 36.4. The fourth-order valence-corrected chi connectivity index (χ4v) is 5.80. The molecule has 250 valence electrons. The monoisotopic (exact) mass is 651 g/mol. The molecule has 1 saturated heterocycles. The van der Waals surface area contributed by atoms with Crippen LogP contribution in [0.2, 0.25) is 18.1 Å². The smallest absolute Gasteiger partial charge is 0.325 e. The summed E-state index contributed by atoms with van der Waals surface area (Å²) in [4.78, 5) is 55.8. The number of aromatic nitrogens is 1. The Morgan fingerprint density at radius 2 is 1.93 bits per heavy atom. The standard InChI is InChI=1S/C34H49N5O6Si/c1-9-24-15-16-35-26(18-24)21-44-33(43)28-14-11-17-39(38-28)32(42)29(37-31(41)30(23(2)3)36-22-40)20-25-12-10-13-27(19-25)45-46(7,8)34(4,5)6/h9-10,12-13,15-16,18-19,22-23,28-30,38H,1,11,14,17,20-21H2,2-8H3,(H,36,40)(H,37,41). The van der Waals surface area contributed by atoms with Gasteiger partial charge in [0.05, 0.1) is 5.69 Å². The highest BCUT2D eigenvalue weighted by Crippen LogP contribution is 2.37. The molecule has 3 rings (SSSR count). The predicted octanol–water partition coefficient (Wildman–Crippen LogP) is 4.15. The van der Waals surface area contributed by atoms with E-state index in [0.29, 0.717) is 37.2 Å². The molecule has 2 aromatic rings. The van der Waals surface area contributed by atoms with E-state index in [1.807, 2.05) is 38.1 Å². The van der Waals surface area contributed by atoms with E-state index < -0.39 is 44.2 Å². The molecule has 3 atom stereocenters. The molecule has 0 saturated carbocycles. The van der Waals surface area contributed by atoms with E-state index >= 15 is 0 Å². The SMILES string of the molecule is C=Cc1ccnc(COC(=O)C2CCCN(C(=O)C(Cc3cccc(O[Si](C)(C)C(C)(C)C)c3)NC(=O)C(NC=O)C(C)C)N2)c1. The van der Waals surface area contributed by atoms with Gasteiger partial charge in [0.15, 0.2) is 0 Å². The summed E-state index contributed by atoms with van der Waals surface area (Å²) in [7, 11) is -2.12. The summed E-state index contributed by atoms with van der Waals surface area (Å²) in [5.41, 5.74) is 5.26. The summed E-state index contributed by atoms with van der Waals surface area (Å²) >= 11 is 0. The zero-order chi connectivity index (χ0) is 34.1. The molecular weight excluding hydrogens is 602 g/mol. The Hall–Kier alpha value is -4.03. The van der Waals surface area contributed by atoms with Gasteiger partial charge in [-0.15, -0.1) is 0 Å². The van der Waals surface area contributed by atoms with Crippen LogP contribution in [0.1, 0.15) is 64.3 Å². The first-order chi connectivity index (χ1) is 21.6. The van der Waals surface area contributed by atoms with Crippen LogP contribution in [0.4, 0.5) is 0 Å². The Morgan fingerprint density at radius 1 is 1.20 bits per heavy atom. The van der Waals surface area contributed by atoms with E-state index in [1.54, 1.807) is 24.4 Å². The summed E-state index contributed by atoms with van der Waals surface area (Å²) < 4.78 is 12.0. The molecule has 11 nitrogen and oxygen atoms in total. The van der Waals surface area contributed by atoms with Crippen LogP contribution in [0.5, 0.6) is 5.75 Å². The Bertz CT molecular complexity index is 1390. The Morgan fingerprint density at radius 3 is 2.59 bits per heavy atom. The van der Waals surface area contributed by atoms with Gasteiger partial charge in [0, 0.05) is 19.2 Å². The molecule has 2 heterocycles. The number of amides is 3. The van der Waals surface area contributed by atoms with Crippen LogP contribution in [0.15, 0.2) is 49.2 Å². The van der Waals surface area contributed by atoms with E-state index in [0.717, 1.165) is 11.1 Å². The van der Waals surface area contributed by atoms with Crippen LogP contribution < -0.4 is 20.5 Å². The van der Waals surface area contributed by atoms with Crippen molar-refractivity contribution < 1.29 is 28.3 Å². The number of rotatable bonds is 14. The number of nitrogens with zero attached hydrogens (tertiary/aromatic N) is 2. The van der Waals surface area contributed by atoms with Gasteiger partial charge in [-0.3, -0.25) is 29.2 Å². The normalized spacial score (nSPS) is 16.6. The number of hydrazine groups is 1. The first-order valence-corrected chi connectivity index (χ1v) is 18.7. The molecule has 46 heavy (non-hydrogen) atoms. The fraction of sp³-hybridized carbons (Fsp3) is 0.500. The minimum Gasteiger partial charge on any atom is -0.543 e. The molecule has 0 aliphatic carbocycles. The average molecular weight is 652 g/mol. The van der Waals surface area contributed by atoms with Gasteiger partial charge in [0.25, 0.3) is 5.91 Å². The number of hydrogen-bond donors (Lipinski definition) is 3. The van der Waals surface area contributed by atoms with Gasteiger partial charge in [-0.05, 0) is 72.3 Å². The molecule has 12 heteroatoms. The lowest BCUT2D eigenvalue weighted by atomic mass is 10.0. The van der Waals surface area contributed by atoms with Crippen LogP contribution in [-0.4, -0.2) is 67.2 Å². The van der Waals surface area contributed by atoms with Gasteiger partial charge in [0.1, 0.15) is 30.5 Å². The van der Waals surface area contributed by atoms with Crippen molar-refractivity contribution in [3.05, 3.63) is 66.0 Å². The van der Waals surface area contributed by atoms with Crippen molar-refractivity contribution in [2.75, 3.05) is 6.54 Å². The van der Waals surface area contributed by atoms with Crippen LogP contribution >= 0.6 is 0 Å². The molecule has 3 N–H and O–H groups in total. The molecule has 1 aromatic carbocycles. The molecule has 3 amide bonds. The molecule has 3 unspecified atom stereocenters. The Kier molecular flexibility index (Phi) is 12.7. The maximum atomic E-state index is 14.0. The number of esters is 1. The van der Waals surface area contributed by atoms with Crippen LogP contribution in [-0.2, 0) is 36.9 Å². The first-order valence-electron chi connectivity index (χ1n) is 15.7. The number of carbonyl (C=O) groups is 4. The van der Waals surface area contributed by atoms with E-state index in [1.165, 1.54) is 5.01 Å². The number of benzene rings is 1. The van der Waals surface area contributed by atoms with Crippen LogP contribution in [0, 0.1) is 5.92 Å². The number of hydrogen-bond acceptors (Lipinski definition) is 8. The summed E-state index contributed by atoms with van der Waals surface area (Å²) in [6.07, 6.45) is 4.99. The summed E-state index contributed by atoms with van der Waals surface area (Å²) in [6.45, 7) is 18.5. The zero-order valence-electron chi connectivity index (χ0n) is 28.1. The maximum Gasteiger partial charge on any atom is 0.325 e. The Labute approximate surface area is 273 Å². The van der Waals surface area contributed by atoms with Crippen LogP contribution in [0.25, 0.3) is 6.08 Å². The molecule has 0 radical (unpaired) electrons. The lowest BCUT2D eigenvalue weighted by Gasteiger charge is -2.36. The second kappa shape index (κ2) is 16.0. The molecule has 1 aromatic heterocycles. The average Bonchev–Trinajstić information content (AvgIpc) is 3.01. The lowest BCUT2D eigenvalue weighted by Crippen LogP contribution is -2.61. The van der Waals surface area contributed by atoms with Gasteiger partial charge in [0.2, 0.25) is 20.6 Å². The number of pyridine rings is 1. The quantitative estimate of drug-likeness (QED) is 0.157.